The standard InChI is InChI=1S/C11H19N3S/c1-8-9(2)15-11(14-8)13-7-10-5-3-4-6-12-10/h10,12H,3-7H2,1-2H3,(H,13,14). The van der Waals surface area contributed by atoms with Gasteiger partial charge in [-0.2, -0.15) is 0 Å². The van der Waals surface area contributed by atoms with Crippen LogP contribution in [0.4, 0.5) is 5.13 Å². The molecular weight excluding hydrogens is 206 g/mol. The fourth-order valence-corrected chi connectivity index (χ4v) is 2.68. The Morgan fingerprint density at radius 2 is 2.33 bits per heavy atom. The number of rotatable bonds is 3. The fourth-order valence-electron chi connectivity index (χ4n) is 1.86. The highest BCUT2D eigenvalue weighted by molar-refractivity contribution is 7.15. The first-order valence-corrected chi connectivity index (χ1v) is 6.48. The second-order valence-electron chi connectivity index (χ2n) is 4.19. The van der Waals surface area contributed by atoms with Crippen molar-refractivity contribution in [2.45, 2.75) is 39.2 Å². The van der Waals surface area contributed by atoms with Crippen LogP contribution in [0.2, 0.25) is 0 Å². The molecule has 1 unspecified atom stereocenters. The van der Waals surface area contributed by atoms with Gasteiger partial charge in [0.25, 0.3) is 0 Å². The molecule has 84 valence electrons. The summed E-state index contributed by atoms with van der Waals surface area (Å²) >= 11 is 1.75. The van der Waals surface area contributed by atoms with E-state index in [0.717, 1.165) is 17.4 Å². The van der Waals surface area contributed by atoms with Gasteiger partial charge in [0.1, 0.15) is 0 Å². The van der Waals surface area contributed by atoms with Crippen LogP contribution < -0.4 is 10.6 Å². The monoisotopic (exact) mass is 225 g/mol. The van der Waals surface area contributed by atoms with E-state index in [0.29, 0.717) is 6.04 Å². The first-order valence-electron chi connectivity index (χ1n) is 5.67. The predicted molar refractivity (Wildman–Crippen MR) is 65.7 cm³/mol. The highest BCUT2D eigenvalue weighted by atomic mass is 32.1. The van der Waals surface area contributed by atoms with Gasteiger partial charge in [0, 0.05) is 17.5 Å². The molecule has 2 rings (SSSR count). The van der Waals surface area contributed by atoms with Crippen LogP contribution in [0.1, 0.15) is 29.8 Å². The lowest BCUT2D eigenvalue weighted by molar-refractivity contribution is 0.414. The molecule has 2 heterocycles. The summed E-state index contributed by atoms with van der Waals surface area (Å²) in [4.78, 5) is 5.79. The van der Waals surface area contributed by atoms with Gasteiger partial charge in [0.2, 0.25) is 0 Å². The van der Waals surface area contributed by atoms with Crippen molar-refractivity contribution < 1.29 is 0 Å². The Hall–Kier alpha value is -0.610. The first-order chi connectivity index (χ1) is 7.25. The van der Waals surface area contributed by atoms with Crippen LogP contribution in [0.5, 0.6) is 0 Å². The number of nitrogens with zero attached hydrogens (tertiary/aromatic N) is 1. The second kappa shape index (κ2) is 4.94. The third kappa shape index (κ3) is 2.92. The Balaban J connectivity index is 1.81. The summed E-state index contributed by atoms with van der Waals surface area (Å²) in [6, 6.07) is 0.628. The minimum Gasteiger partial charge on any atom is -0.360 e. The molecule has 2 N–H and O–H groups in total. The molecule has 1 aliphatic rings. The van der Waals surface area contributed by atoms with E-state index in [9.17, 15) is 0 Å². The predicted octanol–water partition coefficient (Wildman–Crippen LogP) is 2.31. The van der Waals surface area contributed by atoms with Crippen LogP contribution >= 0.6 is 11.3 Å². The number of hydrogen-bond acceptors (Lipinski definition) is 4. The quantitative estimate of drug-likeness (QED) is 0.829. The molecule has 15 heavy (non-hydrogen) atoms. The van der Waals surface area contributed by atoms with Gasteiger partial charge in [-0.25, -0.2) is 4.98 Å². The Morgan fingerprint density at radius 1 is 1.47 bits per heavy atom. The van der Waals surface area contributed by atoms with Gasteiger partial charge < -0.3 is 10.6 Å². The number of nitrogens with one attached hydrogen (secondary N) is 2. The van der Waals surface area contributed by atoms with E-state index < -0.39 is 0 Å². The Bertz CT molecular complexity index is 296. The molecule has 4 heteroatoms. The summed E-state index contributed by atoms with van der Waals surface area (Å²) in [5, 5.41) is 8.01. The number of hydrogen-bond donors (Lipinski definition) is 2. The van der Waals surface area contributed by atoms with Crippen LogP contribution in [0, 0.1) is 13.8 Å². The van der Waals surface area contributed by atoms with Crippen LogP contribution in [0.3, 0.4) is 0 Å². The van der Waals surface area contributed by atoms with E-state index in [1.807, 2.05) is 0 Å². The third-order valence-corrected chi connectivity index (χ3v) is 3.97. The van der Waals surface area contributed by atoms with Gasteiger partial charge in [0.05, 0.1) is 5.69 Å². The molecule has 0 saturated carbocycles. The summed E-state index contributed by atoms with van der Waals surface area (Å²) in [6.07, 6.45) is 3.97. The highest BCUT2D eigenvalue weighted by Gasteiger charge is 2.12. The van der Waals surface area contributed by atoms with Crippen molar-refractivity contribution in [3.63, 3.8) is 0 Å². The molecule has 3 nitrogen and oxygen atoms in total. The van der Waals surface area contributed by atoms with Crippen molar-refractivity contribution in [2.24, 2.45) is 0 Å². The molecule has 1 fully saturated rings. The van der Waals surface area contributed by atoms with Gasteiger partial charge in [-0.15, -0.1) is 11.3 Å². The van der Waals surface area contributed by atoms with E-state index in [4.69, 9.17) is 0 Å². The Kier molecular flexibility index (Phi) is 3.59. The fraction of sp³-hybridized carbons (Fsp3) is 0.727. The molecule has 0 bridgehead atoms. The lowest BCUT2D eigenvalue weighted by Crippen LogP contribution is -2.39. The van der Waals surface area contributed by atoms with Crippen LogP contribution in [0.15, 0.2) is 0 Å². The van der Waals surface area contributed by atoms with E-state index in [2.05, 4.69) is 29.5 Å². The topological polar surface area (TPSA) is 37.0 Å². The zero-order valence-electron chi connectivity index (χ0n) is 9.47. The van der Waals surface area contributed by atoms with Crippen LogP contribution in [0.25, 0.3) is 0 Å². The maximum Gasteiger partial charge on any atom is 0.183 e. The molecule has 0 aromatic carbocycles. The number of anilines is 1. The largest absolute Gasteiger partial charge is 0.360 e. The van der Waals surface area contributed by atoms with E-state index in [1.54, 1.807) is 11.3 Å². The van der Waals surface area contributed by atoms with Gasteiger partial charge in [-0.1, -0.05) is 6.42 Å². The number of piperidine rings is 1. The van der Waals surface area contributed by atoms with Crippen molar-refractivity contribution in [3.8, 4) is 0 Å². The van der Waals surface area contributed by atoms with Crippen molar-refractivity contribution in [1.82, 2.24) is 10.3 Å². The molecule has 1 saturated heterocycles. The van der Waals surface area contributed by atoms with Crippen molar-refractivity contribution in [3.05, 3.63) is 10.6 Å². The number of thiazole rings is 1. The molecule has 1 atom stereocenters. The summed E-state index contributed by atoms with van der Waals surface area (Å²) in [5.74, 6) is 0. The van der Waals surface area contributed by atoms with Gasteiger partial charge >= 0.3 is 0 Å². The Labute approximate surface area is 95.3 Å². The van der Waals surface area contributed by atoms with Crippen molar-refractivity contribution in [1.29, 1.82) is 0 Å². The van der Waals surface area contributed by atoms with Crippen molar-refractivity contribution >= 4 is 16.5 Å². The zero-order valence-corrected chi connectivity index (χ0v) is 10.3. The summed E-state index contributed by atoms with van der Waals surface area (Å²) < 4.78 is 0. The zero-order chi connectivity index (χ0) is 10.7. The normalized spacial score (nSPS) is 21.6. The first kappa shape index (κ1) is 10.9. The maximum atomic E-state index is 4.47. The molecule has 0 radical (unpaired) electrons. The molecule has 0 aliphatic carbocycles. The molecule has 1 aromatic rings. The van der Waals surface area contributed by atoms with Gasteiger partial charge in [-0.3, -0.25) is 0 Å². The molecule has 0 amide bonds. The lowest BCUT2D eigenvalue weighted by Gasteiger charge is -2.23. The van der Waals surface area contributed by atoms with E-state index in [1.165, 1.54) is 30.7 Å². The summed E-state index contributed by atoms with van der Waals surface area (Å²) in [7, 11) is 0. The number of aryl methyl sites for hydroxylation is 2. The summed E-state index contributed by atoms with van der Waals surface area (Å²) in [6.45, 7) is 6.36. The van der Waals surface area contributed by atoms with Crippen LogP contribution in [-0.2, 0) is 0 Å². The minimum atomic E-state index is 0.628. The van der Waals surface area contributed by atoms with E-state index >= 15 is 0 Å². The van der Waals surface area contributed by atoms with Gasteiger partial charge in [-0.05, 0) is 33.2 Å². The third-order valence-electron chi connectivity index (χ3n) is 2.94. The average Bonchev–Trinajstić information content (AvgIpc) is 2.57. The Morgan fingerprint density at radius 3 is 2.93 bits per heavy atom. The maximum absolute atomic E-state index is 4.47. The second-order valence-corrected chi connectivity index (χ2v) is 5.39. The highest BCUT2D eigenvalue weighted by Crippen LogP contribution is 2.21. The smallest absolute Gasteiger partial charge is 0.183 e. The molecule has 1 aromatic heterocycles. The van der Waals surface area contributed by atoms with Crippen molar-refractivity contribution in [2.75, 3.05) is 18.4 Å². The average molecular weight is 225 g/mol. The van der Waals surface area contributed by atoms with Crippen LogP contribution in [-0.4, -0.2) is 24.1 Å². The number of aromatic nitrogens is 1. The molecule has 1 aliphatic heterocycles. The lowest BCUT2D eigenvalue weighted by atomic mass is 10.1. The minimum absolute atomic E-state index is 0.628. The molecule has 0 spiro atoms. The summed E-state index contributed by atoms with van der Waals surface area (Å²) in [5.41, 5.74) is 1.15. The van der Waals surface area contributed by atoms with Gasteiger partial charge in [0.15, 0.2) is 5.13 Å². The molecular formula is C11H19N3S. The SMILES string of the molecule is Cc1nc(NCC2CCCCN2)sc1C. The van der Waals surface area contributed by atoms with E-state index in [-0.39, 0.29) is 0 Å².